The molecule has 0 aliphatic carbocycles. The maximum absolute atomic E-state index is 12.2. The van der Waals surface area contributed by atoms with E-state index in [1.54, 1.807) is 0 Å². The summed E-state index contributed by atoms with van der Waals surface area (Å²) in [5.41, 5.74) is 2.99. The van der Waals surface area contributed by atoms with E-state index in [-0.39, 0.29) is 37.0 Å². The van der Waals surface area contributed by atoms with E-state index < -0.39 is 18.3 Å². The monoisotopic (exact) mass is 403 g/mol. The van der Waals surface area contributed by atoms with Gasteiger partial charge < -0.3 is 9.80 Å². The molecule has 2 aromatic carbocycles. The molecule has 29 heavy (non-hydrogen) atoms. The third-order valence-corrected chi connectivity index (χ3v) is 4.75. The highest BCUT2D eigenvalue weighted by molar-refractivity contribution is 6.02. The highest BCUT2D eigenvalue weighted by atomic mass is 19.1. The second kappa shape index (κ2) is 8.76. The van der Waals surface area contributed by atoms with Gasteiger partial charge in [-0.05, 0) is 23.3 Å². The second-order valence-corrected chi connectivity index (χ2v) is 6.52. The molecule has 0 N–H and O–H groups in total. The molecule has 2 aliphatic rings. The average Bonchev–Trinajstić information content (AvgIpc) is 3.19. The normalized spacial score (nSPS) is 14.4. The zero-order valence-electron chi connectivity index (χ0n) is 15.5. The van der Waals surface area contributed by atoms with Crippen molar-refractivity contribution >= 4 is 28.9 Å². The highest BCUT2D eigenvalue weighted by Gasteiger charge is 2.28. The molecule has 4 rings (SSSR count). The lowest BCUT2D eigenvalue weighted by Crippen LogP contribution is -2.28. The number of fused-ring (bicyclic) bond motifs is 2. The largest absolute Gasteiger partial charge is 0.309 e. The van der Waals surface area contributed by atoms with Crippen LogP contribution in [0.5, 0.6) is 0 Å². The molecule has 0 radical (unpaired) electrons. The first-order valence-electron chi connectivity index (χ1n) is 9.04. The number of benzene rings is 2. The maximum atomic E-state index is 12.2. The van der Waals surface area contributed by atoms with Gasteiger partial charge in [0.1, 0.15) is 13.3 Å². The number of hydrogen-bond donors (Lipinski definition) is 0. The molecule has 0 atom stereocenters. The lowest BCUT2D eigenvalue weighted by molar-refractivity contribution is -0.384. The Balaban J connectivity index is 0.000000169. The summed E-state index contributed by atoms with van der Waals surface area (Å²) >= 11 is 0. The number of nitro benzene ring substituents is 1. The Bertz CT molecular complexity index is 951. The minimum Gasteiger partial charge on any atom is -0.309 e. The van der Waals surface area contributed by atoms with E-state index in [1.165, 1.54) is 28.0 Å². The van der Waals surface area contributed by atoms with Gasteiger partial charge in [-0.15, -0.1) is 0 Å². The zero-order chi connectivity index (χ0) is 21.0. The van der Waals surface area contributed by atoms with E-state index >= 15 is 0 Å². The molecule has 9 heteroatoms. The van der Waals surface area contributed by atoms with E-state index in [0.717, 1.165) is 11.3 Å². The van der Waals surface area contributed by atoms with Crippen LogP contribution in [-0.2, 0) is 22.4 Å². The van der Waals surface area contributed by atoms with Crippen molar-refractivity contribution in [1.82, 2.24) is 0 Å². The summed E-state index contributed by atoms with van der Waals surface area (Å²) in [5, 5.41) is 10.5. The first-order chi connectivity index (χ1) is 14.0. The summed E-state index contributed by atoms with van der Waals surface area (Å²) in [5.74, 6) is -0.216. The molecule has 2 amide bonds. The number of amides is 2. The number of alkyl halides is 2. The SMILES string of the molecule is O=C1Cc2cc([N+](=O)[O-])ccc2N1CCF.O=C1Cc2ccccc2N1CCF. The van der Waals surface area contributed by atoms with Crippen molar-refractivity contribution in [2.45, 2.75) is 12.8 Å². The molecule has 0 saturated carbocycles. The number of halogens is 2. The quantitative estimate of drug-likeness (QED) is 0.568. The first-order valence-corrected chi connectivity index (χ1v) is 9.04. The number of para-hydroxylation sites is 1. The Labute approximate surface area is 165 Å². The van der Waals surface area contributed by atoms with Gasteiger partial charge >= 0.3 is 0 Å². The van der Waals surface area contributed by atoms with Crippen molar-refractivity contribution in [2.75, 3.05) is 36.2 Å². The van der Waals surface area contributed by atoms with Gasteiger partial charge in [-0.2, -0.15) is 0 Å². The van der Waals surface area contributed by atoms with Crippen LogP contribution in [0, 0.1) is 10.1 Å². The van der Waals surface area contributed by atoms with Gasteiger partial charge in [-0.1, -0.05) is 18.2 Å². The number of carbonyl (C=O) groups is 2. The molecule has 0 aromatic heterocycles. The van der Waals surface area contributed by atoms with Crippen LogP contribution in [0.1, 0.15) is 11.1 Å². The van der Waals surface area contributed by atoms with E-state index in [9.17, 15) is 28.5 Å². The van der Waals surface area contributed by atoms with Crippen LogP contribution in [0.4, 0.5) is 25.8 Å². The minimum atomic E-state index is -0.623. The molecule has 2 heterocycles. The van der Waals surface area contributed by atoms with Gasteiger partial charge in [0.05, 0.1) is 30.9 Å². The highest BCUT2D eigenvalue weighted by Crippen LogP contribution is 2.31. The molecule has 0 saturated heterocycles. The lowest BCUT2D eigenvalue weighted by Gasteiger charge is -2.14. The number of nitro groups is 1. The van der Waals surface area contributed by atoms with Gasteiger partial charge in [0.25, 0.3) is 5.69 Å². The fourth-order valence-electron chi connectivity index (χ4n) is 3.46. The van der Waals surface area contributed by atoms with E-state index in [4.69, 9.17) is 0 Å². The average molecular weight is 403 g/mol. The van der Waals surface area contributed by atoms with E-state index in [0.29, 0.717) is 17.7 Å². The van der Waals surface area contributed by atoms with Crippen molar-refractivity contribution in [3.63, 3.8) is 0 Å². The topological polar surface area (TPSA) is 83.8 Å². The molecule has 0 spiro atoms. The predicted octanol–water partition coefficient (Wildman–Crippen LogP) is 3.00. The van der Waals surface area contributed by atoms with Crippen molar-refractivity contribution in [2.24, 2.45) is 0 Å². The van der Waals surface area contributed by atoms with Crippen LogP contribution in [0.3, 0.4) is 0 Å². The predicted molar refractivity (Wildman–Crippen MR) is 104 cm³/mol. The number of hydrogen-bond acceptors (Lipinski definition) is 4. The Morgan fingerprint density at radius 2 is 1.41 bits per heavy atom. The number of rotatable bonds is 5. The smallest absolute Gasteiger partial charge is 0.269 e. The molecule has 2 aromatic rings. The Kier molecular flexibility index (Phi) is 6.16. The van der Waals surface area contributed by atoms with Crippen LogP contribution in [0.15, 0.2) is 42.5 Å². The van der Waals surface area contributed by atoms with Crippen LogP contribution < -0.4 is 9.80 Å². The van der Waals surface area contributed by atoms with Crippen molar-refractivity contribution in [3.05, 3.63) is 63.7 Å². The minimum absolute atomic E-state index is 0.00106. The zero-order valence-corrected chi connectivity index (χ0v) is 15.5. The van der Waals surface area contributed by atoms with Crippen molar-refractivity contribution in [3.8, 4) is 0 Å². The van der Waals surface area contributed by atoms with Gasteiger partial charge in [-0.3, -0.25) is 19.7 Å². The fraction of sp³-hybridized carbons (Fsp3) is 0.300. The van der Waals surface area contributed by atoms with Gasteiger partial charge in [0, 0.05) is 23.5 Å². The third kappa shape index (κ3) is 4.23. The number of non-ortho nitro benzene ring substituents is 1. The summed E-state index contributed by atoms with van der Waals surface area (Å²) < 4.78 is 24.3. The molecule has 152 valence electrons. The summed E-state index contributed by atoms with van der Waals surface area (Å²) in [6, 6.07) is 11.7. The van der Waals surface area contributed by atoms with Gasteiger partial charge in [0.15, 0.2) is 0 Å². The van der Waals surface area contributed by atoms with Crippen molar-refractivity contribution in [1.29, 1.82) is 0 Å². The maximum Gasteiger partial charge on any atom is 0.269 e. The molecule has 7 nitrogen and oxygen atoms in total. The third-order valence-electron chi connectivity index (χ3n) is 4.75. The first kappa shape index (κ1) is 20.4. The second-order valence-electron chi connectivity index (χ2n) is 6.52. The van der Waals surface area contributed by atoms with Crippen molar-refractivity contribution < 1.29 is 23.3 Å². The summed E-state index contributed by atoms with van der Waals surface area (Å²) in [4.78, 5) is 35.7. The standard InChI is InChI=1S/C10H9FN2O3.C10H10FNO/c11-3-4-12-9-2-1-8(13(15)16)5-7(9)6-10(12)14;11-5-6-12-9-4-2-1-3-8(9)7-10(12)13/h1-2,5H,3-4,6H2;1-4H,5-7H2. The molecular formula is C20H19F2N3O4. The van der Waals surface area contributed by atoms with Gasteiger partial charge in [-0.25, -0.2) is 8.78 Å². The molecule has 2 aliphatic heterocycles. The summed E-state index contributed by atoms with van der Waals surface area (Å²) in [7, 11) is 0. The van der Waals surface area contributed by atoms with Gasteiger partial charge in [0.2, 0.25) is 11.8 Å². The van der Waals surface area contributed by atoms with Crippen LogP contribution in [0.25, 0.3) is 0 Å². The summed E-state index contributed by atoms with van der Waals surface area (Å²) in [6.07, 6.45) is 0.521. The van der Waals surface area contributed by atoms with Crippen LogP contribution >= 0.6 is 0 Å². The fourth-order valence-corrected chi connectivity index (χ4v) is 3.46. The Morgan fingerprint density at radius 1 is 0.862 bits per heavy atom. The number of anilines is 2. The number of nitrogens with zero attached hydrogens (tertiary/aromatic N) is 3. The lowest BCUT2D eigenvalue weighted by atomic mass is 10.1. The Hall–Kier alpha value is -3.36. The molecule has 0 fully saturated rings. The molecule has 0 bridgehead atoms. The van der Waals surface area contributed by atoms with E-state index in [1.807, 2.05) is 24.3 Å². The molecule has 0 unspecified atom stereocenters. The summed E-state index contributed by atoms with van der Waals surface area (Å²) in [6.45, 7) is -0.929. The number of carbonyl (C=O) groups excluding carboxylic acids is 2. The molecular weight excluding hydrogens is 384 g/mol. The van der Waals surface area contributed by atoms with E-state index in [2.05, 4.69) is 0 Å². The van der Waals surface area contributed by atoms with Crippen LogP contribution in [0.2, 0.25) is 0 Å². The Morgan fingerprint density at radius 3 is 2.00 bits per heavy atom. The van der Waals surface area contributed by atoms with Crippen LogP contribution in [-0.4, -0.2) is 43.2 Å².